The lowest BCUT2D eigenvalue weighted by Crippen LogP contribution is -2.04. The summed E-state index contributed by atoms with van der Waals surface area (Å²) in [5.74, 6) is 0.491. The molecule has 1 unspecified atom stereocenters. The highest BCUT2D eigenvalue weighted by Gasteiger charge is 2.08. The number of aliphatic hydroxyl groups excluding tert-OH is 1. The smallest absolute Gasteiger partial charge is 0.213 e. The molecular formula is C11H19NO3S. The number of ether oxygens (including phenoxy) is 1. The number of rotatable bonds is 5. The van der Waals surface area contributed by atoms with E-state index in [0.29, 0.717) is 5.88 Å². The first-order valence-corrected chi connectivity index (χ1v) is 6.26. The Hall–Kier alpha value is -0.780. The van der Waals surface area contributed by atoms with Crippen LogP contribution in [-0.4, -0.2) is 30.1 Å². The number of aliphatic hydroxyl groups is 1. The highest BCUT2D eigenvalue weighted by Crippen LogP contribution is 2.17. The monoisotopic (exact) mass is 245 g/mol. The average molecular weight is 245 g/mol. The van der Waals surface area contributed by atoms with Crippen LogP contribution in [0.1, 0.15) is 25.5 Å². The van der Waals surface area contributed by atoms with Gasteiger partial charge in [0.15, 0.2) is 0 Å². The molecule has 0 radical (unpaired) electrons. The Morgan fingerprint density at radius 2 is 2.19 bits per heavy atom. The molecule has 0 saturated heterocycles. The fraction of sp³-hybridized carbons (Fsp3) is 0.545. The Morgan fingerprint density at radius 3 is 2.75 bits per heavy atom. The van der Waals surface area contributed by atoms with E-state index in [2.05, 4.69) is 4.98 Å². The molecule has 1 heterocycles. The Labute approximate surface area is 101 Å². The highest BCUT2D eigenvalue weighted by molar-refractivity contribution is 7.93. The maximum atomic E-state index is 9.65. The fourth-order valence-corrected chi connectivity index (χ4v) is 1.24. The number of nitrogens with zero attached hydrogens (tertiary/aromatic N) is 1. The summed E-state index contributed by atoms with van der Waals surface area (Å²) in [6.07, 6.45) is 2.76. The molecule has 1 N–H and O–H groups in total. The van der Waals surface area contributed by atoms with Crippen LogP contribution in [-0.2, 0) is 4.18 Å². The highest BCUT2D eigenvalue weighted by atomic mass is 32.2. The molecule has 0 aliphatic carbocycles. The lowest BCUT2D eigenvalue weighted by Gasteiger charge is -2.10. The molecule has 1 aromatic rings. The first-order valence-electron chi connectivity index (χ1n) is 5.11. The summed E-state index contributed by atoms with van der Waals surface area (Å²) >= 11 is 1.23. The summed E-state index contributed by atoms with van der Waals surface area (Å²) in [6, 6.07) is 3.42. The van der Waals surface area contributed by atoms with Gasteiger partial charge in [0.2, 0.25) is 5.88 Å². The second kappa shape index (κ2) is 9.45. The molecule has 0 bridgehead atoms. The van der Waals surface area contributed by atoms with Gasteiger partial charge in [0.05, 0.1) is 13.7 Å². The summed E-state index contributed by atoms with van der Waals surface area (Å²) in [5, 5.41) is 9.65. The van der Waals surface area contributed by atoms with Gasteiger partial charge >= 0.3 is 0 Å². The van der Waals surface area contributed by atoms with Gasteiger partial charge in [0, 0.05) is 18.5 Å². The zero-order valence-corrected chi connectivity index (χ0v) is 11.0. The molecule has 0 fully saturated rings. The van der Waals surface area contributed by atoms with Crippen molar-refractivity contribution >= 4 is 12.0 Å². The van der Waals surface area contributed by atoms with Crippen molar-refractivity contribution in [3.05, 3.63) is 23.9 Å². The van der Waals surface area contributed by atoms with Gasteiger partial charge in [0.1, 0.15) is 6.10 Å². The van der Waals surface area contributed by atoms with Crippen molar-refractivity contribution in [2.45, 2.75) is 20.0 Å². The zero-order chi connectivity index (χ0) is 12.4. The topological polar surface area (TPSA) is 51.6 Å². The van der Waals surface area contributed by atoms with Crippen molar-refractivity contribution in [1.29, 1.82) is 0 Å². The number of hydrogen-bond acceptors (Lipinski definition) is 5. The molecule has 1 atom stereocenters. The molecule has 1 aromatic heterocycles. The van der Waals surface area contributed by atoms with E-state index in [1.165, 1.54) is 19.2 Å². The molecule has 0 saturated carbocycles. The van der Waals surface area contributed by atoms with Gasteiger partial charge in [-0.15, -0.1) is 0 Å². The second-order valence-corrected chi connectivity index (χ2v) is 3.17. The predicted molar refractivity (Wildman–Crippen MR) is 66.6 cm³/mol. The third-order valence-electron chi connectivity index (χ3n) is 1.70. The number of methoxy groups -OCH3 is 1. The largest absolute Gasteiger partial charge is 0.481 e. The minimum Gasteiger partial charge on any atom is -0.481 e. The van der Waals surface area contributed by atoms with E-state index in [1.807, 2.05) is 13.8 Å². The van der Waals surface area contributed by atoms with Crippen LogP contribution in [0.3, 0.4) is 0 Å². The molecule has 16 heavy (non-hydrogen) atoms. The van der Waals surface area contributed by atoms with Gasteiger partial charge in [-0.05, 0) is 23.7 Å². The standard InChI is InChI=1S/C9H13NO3S.C2H6/c1-12-9-5-7(3-4-10-9)8(11)6-13-14-2;1-2/h3-5,8,11H,6H2,1-2H3;1-2H3. The number of aromatic nitrogens is 1. The van der Waals surface area contributed by atoms with Gasteiger partial charge in [-0.3, -0.25) is 0 Å². The molecule has 92 valence electrons. The SMILES string of the molecule is CC.COc1cc(C(O)COSC)ccn1. The molecule has 0 aliphatic rings. The van der Waals surface area contributed by atoms with Crippen LogP contribution in [0.15, 0.2) is 18.3 Å². The van der Waals surface area contributed by atoms with Gasteiger partial charge < -0.3 is 14.0 Å². The summed E-state index contributed by atoms with van der Waals surface area (Å²) in [6.45, 7) is 4.26. The number of hydrogen-bond donors (Lipinski definition) is 1. The van der Waals surface area contributed by atoms with Crippen molar-refractivity contribution in [3.63, 3.8) is 0 Å². The second-order valence-electron chi connectivity index (χ2n) is 2.60. The molecule has 5 heteroatoms. The van der Waals surface area contributed by atoms with Crippen molar-refractivity contribution in [2.24, 2.45) is 0 Å². The number of pyridine rings is 1. The quantitative estimate of drug-likeness (QED) is 0.807. The molecule has 0 spiro atoms. The van der Waals surface area contributed by atoms with Gasteiger partial charge in [-0.25, -0.2) is 4.98 Å². The van der Waals surface area contributed by atoms with Crippen LogP contribution < -0.4 is 4.74 Å². The van der Waals surface area contributed by atoms with E-state index in [4.69, 9.17) is 8.92 Å². The molecule has 4 nitrogen and oxygen atoms in total. The summed E-state index contributed by atoms with van der Waals surface area (Å²) in [5.41, 5.74) is 0.742. The third-order valence-corrected chi connectivity index (χ3v) is 2.07. The first-order chi connectivity index (χ1) is 7.77. The van der Waals surface area contributed by atoms with Crippen LogP contribution in [0.4, 0.5) is 0 Å². The normalized spacial score (nSPS) is 11.3. The van der Waals surface area contributed by atoms with E-state index < -0.39 is 6.10 Å². The van der Waals surface area contributed by atoms with Crippen molar-refractivity contribution in [3.8, 4) is 5.88 Å². The van der Waals surface area contributed by atoms with E-state index in [1.54, 1.807) is 24.6 Å². The lowest BCUT2D eigenvalue weighted by atomic mass is 10.1. The maximum absolute atomic E-state index is 9.65. The predicted octanol–water partition coefficient (Wildman–Crippen LogP) is 2.44. The van der Waals surface area contributed by atoms with Crippen LogP contribution >= 0.6 is 12.0 Å². The molecule has 0 aliphatic heterocycles. The van der Waals surface area contributed by atoms with Crippen molar-refractivity contribution in [1.82, 2.24) is 4.98 Å². The Kier molecular flexibility index (Phi) is 8.99. The first kappa shape index (κ1) is 15.2. The minimum atomic E-state index is -0.639. The maximum Gasteiger partial charge on any atom is 0.213 e. The van der Waals surface area contributed by atoms with Gasteiger partial charge in [-0.1, -0.05) is 13.8 Å². The van der Waals surface area contributed by atoms with E-state index in [9.17, 15) is 5.11 Å². The Morgan fingerprint density at radius 1 is 1.50 bits per heavy atom. The Balaban J connectivity index is 0.00000106. The van der Waals surface area contributed by atoms with E-state index in [0.717, 1.165) is 5.56 Å². The summed E-state index contributed by atoms with van der Waals surface area (Å²) in [7, 11) is 1.54. The molecule has 0 aromatic carbocycles. The van der Waals surface area contributed by atoms with Crippen LogP contribution in [0.2, 0.25) is 0 Å². The minimum absolute atomic E-state index is 0.258. The van der Waals surface area contributed by atoms with E-state index in [-0.39, 0.29) is 6.61 Å². The molecule has 1 rings (SSSR count). The summed E-state index contributed by atoms with van der Waals surface area (Å²) < 4.78 is 9.97. The fourth-order valence-electron chi connectivity index (χ4n) is 0.972. The Bertz CT molecular complexity index is 284. The van der Waals surface area contributed by atoms with Crippen molar-refractivity contribution in [2.75, 3.05) is 20.0 Å². The third kappa shape index (κ3) is 5.34. The van der Waals surface area contributed by atoms with Crippen LogP contribution in [0.25, 0.3) is 0 Å². The van der Waals surface area contributed by atoms with Gasteiger partial charge in [0.25, 0.3) is 0 Å². The van der Waals surface area contributed by atoms with Gasteiger partial charge in [-0.2, -0.15) is 0 Å². The lowest BCUT2D eigenvalue weighted by molar-refractivity contribution is 0.119. The van der Waals surface area contributed by atoms with E-state index >= 15 is 0 Å². The summed E-state index contributed by atoms with van der Waals surface area (Å²) in [4.78, 5) is 3.94. The zero-order valence-electron chi connectivity index (χ0n) is 10.1. The van der Waals surface area contributed by atoms with Crippen molar-refractivity contribution < 1.29 is 14.0 Å². The van der Waals surface area contributed by atoms with Crippen LogP contribution in [0, 0.1) is 0 Å². The van der Waals surface area contributed by atoms with Crippen LogP contribution in [0.5, 0.6) is 5.88 Å². The average Bonchev–Trinajstić information content (AvgIpc) is 2.38. The molecule has 0 amide bonds. The molecular weight excluding hydrogens is 226 g/mol.